The number of amides is 2. The molecule has 1 aliphatic heterocycles. The van der Waals surface area contributed by atoms with Crippen LogP contribution < -0.4 is 0 Å². The lowest BCUT2D eigenvalue weighted by Crippen LogP contribution is -2.56. The Morgan fingerprint density at radius 3 is 2.32 bits per heavy atom. The third kappa shape index (κ3) is 5.65. The zero-order chi connectivity index (χ0) is 22.9. The molecule has 1 heterocycles. The smallest absolute Gasteiger partial charge is 0.341 e. The van der Waals surface area contributed by atoms with Crippen molar-refractivity contribution in [3.05, 3.63) is 41.5 Å². The molecule has 8 heteroatoms. The first-order valence-electron chi connectivity index (χ1n) is 10.4. The third-order valence-corrected chi connectivity index (χ3v) is 5.09. The van der Waals surface area contributed by atoms with Gasteiger partial charge >= 0.3 is 17.8 Å². The number of benzene rings is 1. The van der Waals surface area contributed by atoms with Crippen molar-refractivity contribution in [2.75, 3.05) is 14.2 Å². The highest BCUT2D eigenvalue weighted by atomic mass is 16.7. The van der Waals surface area contributed by atoms with E-state index in [-0.39, 0.29) is 11.7 Å². The Hall–Kier alpha value is -2.84. The second-order valence-corrected chi connectivity index (χ2v) is 7.12. The lowest BCUT2D eigenvalue weighted by molar-refractivity contribution is -0.242. The lowest BCUT2D eigenvalue weighted by atomic mass is 10.1. The van der Waals surface area contributed by atoms with E-state index in [0.29, 0.717) is 12.0 Å². The van der Waals surface area contributed by atoms with Crippen molar-refractivity contribution in [1.29, 1.82) is 0 Å². The summed E-state index contributed by atoms with van der Waals surface area (Å²) in [6.07, 6.45) is 6.64. The van der Waals surface area contributed by atoms with Gasteiger partial charge in [0.15, 0.2) is 0 Å². The molecular weight excluding hydrogens is 400 g/mol. The van der Waals surface area contributed by atoms with Crippen molar-refractivity contribution in [2.24, 2.45) is 4.99 Å². The molecule has 0 saturated heterocycles. The molecule has 0 radical (unpaired) electrons. The van der Waals surface area contributed by atoms with E-state index in [9.17, 15) is 14.4 Å². The molecule has 1 aromatic carbocycles. The quantitative estimate of drug-likeness (QED) is 0.166. The molecule has 0 fully saturated rings. The normalized spacial score (nSPS) is 15.5. The van der Waals surface area contributed by atoms with Gasteiger partial charge in [-0.1, -0.05) is 57.0 Å². The molecule has 0 bridgehead atoms. The number of esters is 1. The molecule has 1 aliphatic rings. The number of hydrogen-bond acceptors (Lipinski definition) is 6. The van der Waals surface area contributed by atoms with Crippen LogP contribution in [0.25, 0.3) is 6.08 Å². The predicted octanol–water partition coefficient (Wildman–Crippen LogP) is 3.32. The predicted molar refractivity (Wildman–Crippen MR) is 116 cm³/mol. The van der Waals surface area contributed by atoms with Crippen LogP contribution in [-0.4, -0.2) is 55.3 Å². The van der Waals surface area contributed by atoms with Crippen LogP contribution >= 0.6 is 0 Å². The van der Waals surface area contributed by atoms with E-state index in [1.165, 1.54) is 20.3 Å². The van der Waals surface area contributed by atoms with Crippen LogP contribution in [0.1, 0.15) is 51.5 Å². The summed E-state index contributed by atoms with van der Waals surface area (Å²) < 4.78 is 16.8. The fourth-order valence-electron chi connectivity index (χ4n) is 3.34. The fourth-order valence-corrected chi connectivity index (χ4v) is 3.34. The van der Waals surface area contributed by atoms with Crippen LogP contribution in [0.2, 0.25) is 0 Å². The molecule has 0 aliphatic carbocycles. The second-order valence-electron chi connectivity index (χ2n) is 7.12. The Morgan fingerprint density at radius 1 is 1.13 bits per heavy atom. The molecule has 1 aromatic rings. The van der Waals surface area contributed by atoms with Gasteiger partial charge in [-0.05, 0) is 30.9 Å². The SMILES string of the molecule is CCCCCC(CC)OC(=O)C(=Cc1ccccc1)C(OC)(OC)N1C=NC(=O)C1=O. The highest BCUT2D eigenvalue weighted by Crippen LogP contribution is 2.31. The Bertz CT molecular complexity index is 830. The summed E-state index contributed by atoms with van der Waals surface area (Å²) in [5.41, 5.74) is 0.592. The van der Waals surface area contributed by atoms with E-state index in [2.05, 4.69) is 11.9 Å². The van der Waals surface area contributed by atoms with Gasteiger partial charge in [-0.25, -0.2) is 9.69 Å². The van der Waals surface area contributed by atoms with Gasteiger partial charge in [-0.2, -0.15) is 4.99 Å². The molecule has 168 valence electrons. The standard InChI is InChI=1S/C23H30N2O6/c1-5-7-9-14-18(6-2)31-22(28)19(15-17-12-10-8-11-13-17)23(29-3,30-4)25-16-24-20(26)21(25)27/h8,10-13,15-16,18H,5-7,9,14H2,1-4H3. The highest BCUT2D eigenvalue weighted by Gasteiger charge is 2.51. The summed E-state index contributed by atoms with van der Waals surface area (Å²) >= 11 is 0. The molecule has 31 heavy (non-hydrogen) atoms. The maximum Gasteiger partial charge on any atom is 0.341 e. The van der Waals surface area contributed by atoms with Crippen LogP contribution in [0, 0.1) is 0 Å². The molecule has 2 rings (SSSR count). The Labute approximate surface area is 182 Å². The van der Waals surface area contributed by atoms with Gasteiger partial charge in [0, 0.05) is 14.2 Å². The molecule has 0 saturated carbocycles. The summed E-state index contributed by atoms with van der Waals surface area (Å²) in [7, 11) is 2.55. The largest absolute Gasteiger partial charge is 0.459 e. The summed E-state index contributed by atoms with van der Waals surface area (Å²) in [5.74, 6) is -4.65. The lowest BCUT2D eigenvalue weighted by Gasteiger charge is -2.37. The van der Waals surface area contributed by atoms with Crippen LogP contribution in [0.15, 0.2) is 40.9 Å². The van der Waals surface area contributed by atoms with Gasteiger partial charge < -0.3 is 14.2 Å². The third-order valence-electron chi connectivity index (χ3n) is 5.09. The van der Waals surface area contributed by atoms with Crippen molar-refractivity contribution in [1.82, 2.24) is 4.90 Å². The van der Waals surface area contributed by atoms with Crippen LogP contribution in [0.3, 0.4) is 0 Å². The molecule has 1 atom stereocenters. The van der Waals surface area contributed by atoms with E-state index in [1.54, 1.807) is 12.1 Å². The molecule has 0 aromatic heterocycles. The summed E-state index contributed by atoms with van der Waals surface area (Å²) in [4.78, 5) is 41.9. The average Bonchev–Trinajstić information content (AvgIpc) is 3.13. The van der Waals surface area contributed by atoms with E-state index < -0.39 is 23.7 Å². The first-order chi connectivity index (χ1) is 14.9. The topological polar surface area (TPSA) is 94.5 Å². The van der Waals surface area contributed by atoms with Crippen molar-refractivity contribution in [3.63, 3.8) is 0 Å². The summed E-state index contributed by atoms with van der Waals surface area (Å²) in [6, 6.07) is 9.02. The van der Waals surface area contributed by atoms with Gasteiger partial charge in [0.25, 0.3) is 5.91 Å². The molecule has 0 spiro atoms. The van der Waals surface area contributed by atoms with E-state index >= 15 is 0 Å². The average molecular weight is 431 g/mol. The van der Waals surface area contributed by atoms with E-state index in [0.717, 1.165) is 36.9 Å². The number of ether oxygens (including phenoxy) is 3. The Kier molecular flexibility index (Phi) is 9.08. The first kappa shape index (κ1) is 24.4. The Morgan fingerprint density at radius 2 is 1.81 bits per heavy atom. The number of methoxy groups -OCH3 is 2. The highest BCUT2D eigenvalue weighted by molar-refractivity contribution is 6.42. The zero-order valence-electron chi connectivity index (χ0n) is 18.5. The summed E-state index contributed by atoms with van der Waals surface area (Å²) in [5, 5.41) is 0. The molecular formula is C23H30N2O6. The minimum Gasteiger partial charge on any atom is -0.459 e. The van der Waals surface area contributed by atoms with Crippen LogP contribution in [0.5, 0.6) is 0 Å². The van der Waals surface area contributed by atoms with Gasteiger partial charge in [0.05, 0.1) is 0 Å². The molecule has 8 nitrogen and oxygen atoms in total. The summed E-state index contributed by atoms with van der Waals surface area (Å²) in [6.45, 7) is 4.05. The number of carbonyl (C=O) groups excluding carboxylic acids is 3. The number of aliphatic imine (C=N–C) groups is 1. The van der Waals surface area contributed by atoms with Gasteiger partial charge in [0.2, 0.25) is 0 Å². The number of unbranched alkanes of at least 4 members (excludes halogenated alkanes) is 2. The van der Waals surface area contributed by atoms with Crippen molar-refractivity contribution in [3.8, 4) is 0 Å². The zero-order valence-corrected chi connectivity index (χ0v) is 18.5. The minimum atomic E-state index is -2.01. The maximum atomic E-state index is 13.3. The van der Waals surface area contributed by atoms with Crippen molar-refractivity contribution >= 4 is 30.2 Å². The molecule has 0 N–H and O–H groups in total. The minimum absolute atomic E-state index is 0.0767. The maximum absolute atomic E-state index is 13.3. The number of carbonyl (C=O) groups is 3. The van der Waals surface area contributed by atoms with E-state index in [4.69, 9.17) is 14.2 Å². The number of nitrogens with zero attached hydrogens (tertiary/aromatic N) is 2. The number of hydrogen-bond donors (Lipinski definition) is 0. The second kappa shape index (κ2) is 11.5. The monoisotopic (exact) mass is 430 g/mol. The van der Waals surface area contributed by atoms with Crippen molar-refractivity contribution in [2.45, 2.75) is 58.0 Å². The van der Waals surface area contributed by atoms with Crippen molar-refractivity contribution < 1.29 is 28.6 Å². The fraction of sp³-hybridized carbons (Fsp3) is 0.478. The molecule has 2 amide bonds. The van der Waals surface area contributed by atoms with Gasteiger partial charge in [-0.15, -0.1) is 0 Å². The van der Waals surface area contributed by atoms with E-state index in [1.807, 2.05) is 25.1 Å². The van der Waals surface area contributed by atoms with Crippen LogP contribution in [0.4, 0.5) is 0 Å². The number of rotatable bonds is 12. The van der Waals surface area contributed by atoms with Crippen LogP contribution in [-0.2, 0) is 28.6 Å². The Balaban J connectivity index is 2.47. The van der Waals surface area contributed by atoms with Gasteiger partial charge in [0.1, 0.15) is 18.0 Å². The first-order valence-corrected chi connectivity index (χ1v) is 10.4. The molecule has 1 unspecified atom stereocenters. The van der Waals surface area contributed by atoms with Gasteiger partial charge in [-0.3, -0.25) is 9.59 Å².